The smallest absolute Gasteiger partial charge is 0.291 e. The van der Waals surface area contributed by atoms with Crippen molar-refractivity contribution in [2.75, 3.05) is 13.2 Å². The highest BCUT2D eigenvalue weighted by Crippen LogP contribution is 2.40. The van der Waals surface area contributed by atoms with Crippen LogP contribution in [0.1, 0.15) is 46.1 Å². The average Bonchev–Trinajstić information content (AvgIpc) is 3.51. The van der Waals surface area contributed by atoms with E-state index in [-0.39, 0.29) is 23.2 Å². The van der Waals surface area contributed by atoms with Gasteiger partial charge in [-0.2, -0.15) is 0 Å². The summed E-state index contributed by atoms with van der Waals surface area (Å²) in [5, 5.41) is 0.441. The van der Waals surface area contributed by atoms with E-state index in [1.165, 1.54) is 0 Å². The van der Waals surface area contributed by atoms with Crippen molar-refractivity contribution in [2.24, 2.45) is 0 Å². The fraction of sp³-hybridized carbons (Fsp3) is 0.241. The molecule has 2 aliphatic rings. The van der Waals surface area contributed by atoms with E-state index in [1.807, 2.05) is 54.6 Å². The Labute approximate surface area is 216 Å². The Morgan fingerprint density at radius 1 is 1.00 bits per heavy atom. The lowest BCUT2D eigenvalue weighted by molar-refractivity contribution is 0.0486. The number of benzene rings is 3. The maximum absolute atomic E-state index is 13.8. The Hall–Kier alpha value is -3.42. The first-order chi connectivity index (χ1) is 17.6. The van der Waals surface area contributed by atoms with E-state index in [2.05, 4.69) is 15.9 Å². The van der Waals surface area contributed by atoms with E-state index >= 15 is 0 Å². The molecule has 6 nitrogen and oxygen atoms in total. The van der Waals surface area contributed by atoms with Gasteiger partial charge in [0.25, 0.3) is 5.91 Å². The predicted molar refractivity (Wildman–Crippen MR) is 139 cm³/mol. The van der Waals surface area contributed by atoms with Crippen LogP contribution in [0.2, 0.25) is 0 Å². The SMILES string of the molecule is O=C1c2oc3ccc(Br)cc3c(=O)c2C(c2cccc(OCc3ccccc3)c2)N1CC1CCCO1. The predicted octanol–water partition coefficient (Wildman–Crippen LogP) is 5.86. The van der Waals surface area contributed by atoms with Gasteiger partial charge in [-0.05, 0) is 54.3 Å². The van der Waals surface area contributed by atoms with Crippen molar-refractivity contribution in [3.05, 3.63) is 110 Å². The Balaban J connectivity index is 1.43. The van der Waals surface area contributed by atoms with Gasteiger partial charge in [0.2, 0.25) is 5.76 Å². The van der Waals surface area contributed by atoms with Gasteiger partial charge in [0.1, 0.15) is 17.9 Å². The Bertz CT molecular complexity index is 1490. The standard InChI is InChI=1S/C29H24BrNO5/c30-20-11-12-24-23(15-20)27(32)25-26(31(29(33)28(25)36-24)16-22-10-5-13-34-22)19-8-4-9-21(14-19)35-17-18-6-2-1-3-7-18/h1-4,6-9,11-12,14-15,22,26H,5,10,13,16-17H2. The number of amides is 1. The van der Waals surface area contributed by atoms with E-state index in [0.29, 0.717) is 42.0 Å². The summed E-state index contributed by atoms with van der Waals surface area (Å²) in [6, 6.07) is 22.2. The van der Waals surface area contributed by atoms with Crippen LogP contribution in [-0.4, -0.2) is 30.1 Å². The number of fused-ring (bicyclic) bond motifs is 2. The summed E-state index contributed by atoms with van der Waals surface area (Å²) in [5.41, 5.74) is 2.42. The minimum Gasteiger partial charge on any atom is -0.489 e. The minimum atomic E-state index is -0.586. The maximum Gasteiger partial charge on any atom is 0.291 e. The number of halogens is 1. The monoisotopic (exact) mass is 545 g/mol. The maximum atomic E-state index is 13.8. The second-order valence-electron chi connectivity index (χ2n) is 9.16. The molecule has 182 valence electrons. The molecular weight excluding hydrogens is 522 g/mol. The lowest BCUT2D eigenvalue weighted by Crippen LogP contribution is -2.36. The van der Waals surface area contributed by atoms with Gasteiger partial charge in [-0.25, -0.2) is 0 Å². The van der Waals surface area contributed by atoms with Gasteiger partial charge in [-0.15, -0.1) is 0 Å². The van der Waals surface area contributed by atoms with Crippen molar-refractivity contribution in [2.45, 2.75) is 31.6 Å². The van der Waals surface area contributed by atoms with Crippen LogP contribution in [0.4, 0.5) is 0 Å². The first-order valence-corrected chi connectivity index (χ1v) is 12.8. The molecule has 2 aliphatic heterocycles. The zero-order valence-corrected chi connectivity index (χ0v) is 21.1. The Kier molecular flexibility index (Phi) is 6.11. The third kappa shape index (κ3) is 4.22. The zero-order valence-electron chi connectivity index (χ0n) is 19.5. The second kappa shape index (κ2) is 9.56. The topological polar surface area (TPSA) is 69.0 Å². The normalized spacial score (nSPS) is 19.1. The van der Waals surface area contributed by atoms with Crippen molar-refractivity contribution >= 4 is 32.8 Å². The third-order valence-corrected chi connectivity index (χ3v) is 7.27. The highest BCUT2D eigenvalue weighted by atomic mass is 79.9. The summed E-state index contributed by atoms with van der Waals surface area (Å²) in [6.45, 7) is 1.50. The minimum absolute atomic E-state index is 0.0676. The molecule has 1 aromatic heterocycles. The largest absolute Gasteiger partial charge is 0.489 e. The van der Waals surface area contributed by atoms with Crippen LogP contribution in [0.3, 0.4) is 0 Å². The van der Waals surface area contributed by atoms with Crippen molar-refractivity contribution in [1.29, 1.82) is 0 Å². The van der Waals surface area contributed by atoms with Gasteiger partial charge in [0.05, 0.1) is 23.1 Å². The summed E-state index contributed by atoms with van der Waals surface area (Å²) in [5.74, 6) is 0.485. The fourth-order valence-corrected chi connectivity index (χ4v) is 5.41. The molecule has 3 aromatic carbocycles. The van der Waals surface area contributed by atoms with Crippen LogP contribution in [0.25, 0.3) is 11.0 Å². The highest BCUT2D eigenvalue weighted by molar-refractivity contribution is 9.10. The second-order valence-corrected chi connectivity index (χ2v) is 10.1. The average molecular weight is 546 g/mol. The molecule has 6 rings (SSSR count). The first kappa shape index (κ1) is 23.0. The molecule has 0 aliphatic carbocycles. The third-order valence-electron chi connectivity index (χ3n) is 6.77. The molecule has 2 unspecified atom stereocenters. The molecule has 1 fully saturated rings. The number of hydrogen-bond donors (Lipinski definition) is 0. The molecule has 2 atom stereocenters. The summed E-state index contributed by atoms with van der Waals surface area (Å²) >= 11 is 3.44. The molecule has 0 bridgehead atoms. The molecule has 1 amide bonds. The summed E-state index contributed by atoms with van der Waals surface area (Å²) in [4.78, 5) is 29.1. The molecular formula is C29H24BrNO5. The van der Waals surface area contributed by atoms with Crippen molar-refractivity contribution < 1.29 is 18.7 Å². The quantitative estimate of drug-likeness (QED) is 0.303. The van der Waals surface area contributed by atoms with Gasteiger partial charge in [-0.3, -0.25) is 9.59 Å². The zero-order chi connectivity index (χ0) is 24.6. The van der Waals surface area contributed by atoms with E-state index < -0.39 is 6.04 Å². The van der Waals surface area contributed by atoms with Crippen molar-refractivity contribution in [1.82, 2.24) is 4.90 Å². The number of rotatable bonds is 6. The highest BCUT2D eigenvalue weighted by Gasteiger charge is 2.44. The van der Waals surface area contributed by atoms with Crippen LogP contribution >= 0.6 is 15.9 Å². The fourth-order valence-electron chi connectivity index (χ4n) is 5.05. The molecule has 0 saturated carbocycles. The molecule has 0 spiro atoms. The number of carbonyl (C=O) groups is 1. The molecule has 3 heterocycles. The summed E-state index contributed by atoms with van der Waals surface area (Å²) < 4.78 is 18.7. The number of nitrogens with zero attached hydrogens (tertiary/aromatic N) is 1. The lowest BCUT2D eigenvalue weighted by Gasteiger charge is -2.27. The van der Waals surface area contributed by atoms with E-state index in [0.717, 1.165) is 28.4 Å². The molecule has 0 radical (unpaired) electrons. The molecule has 7 heteroatoms. The van der Waals surface area contributed by atoms with Gasteiger partial charge in [0.15, 0.2) is 5.43 Å². The summed E-state index contributed by atoms with van der Waals surface area (Å²) in [6.07, 6.45) is 1.77. The van der Waals surface area contributed by atoms with Crippen LogP contribution < -0.4 is 10.2 Å². The Morgan fingerprint density at radius 2 is 1.86 bits per heavy atom. The van der Waals surface area contributed by atoms with Gasteiger partial charge in [0, 0.05) is 17.6 Å². The van der Waals surface area contributed by atoms with Crippen LogP contribution in [0, 0.1) is 0 Å². The van der Waals surface area contributed by atoms with Gasteiger partial charge >= 0.3 is 0 Å². The van der Waals surface area contributed by atoms with Gasteiger partial charge < -0.3 is 18.8 Å². The van der Waals surface area contributed by atoms with E-state index in [9.17, 15) is 9.59 Å². The van der Waals surface area contributed by atoms with E-state index in [4.69, 9.17) is 13.9 Å². The van der Waals surface area contributed by atoms with Crippen LogP contribution in [-0.2, 0) is 11.3 Å². The van der Waals surface area contributed by atoms with E-state index in [1.54, 1.807) is 23.1 Å². The van der Waals surface area contributed by atoms with Gasteiger partial charge in [-0.1, -0.05) is 58.4 Å². The van der Waals surface area contributed by atoms with Crippen LogP contribution in [0.5, 0.6) is 5.75 Å². The molecule has 1 saturated heterocycles. The number of carbonyl (C=O) groups excluding carboxylic acids is 1. The lowest BCUT2D eigenvalue weighted by atomic mass is 9.98. The summed E-state index contributed by atoms with van der Waals surface area (Å²) in [7, 11) is 0. The molecule has 4 aromatic rings. The molecule has 36 heavy (non-hydrogen) atoms. The van der Waals surface area contributed by atoms with Crippen LogP contribution in [0.15, 0.2) is 86.5 Å². The number of hydrogen-bond acceptors (Lipinski definition) is 5. The van der Waals surface area contributed by atoms with Crippen molar-refractivity contribution in [3.63, 3.8) is 0 Å². The number of ether oxygens (including phenoxy) is 2. The Morgan fingerprint density at radius 3 is 2.67 bits per heavy atom. The molecule has 0 N–H and O–H groups in total. The first-order valence-electron chi connectivity index (χ1n) is 12.0. The van der Waals surface area contributed by atoms with Crippen molar-refractivity contribution in [3.8, 4) is 5.75 Å².